The highest BCUT2D eigenvalue weighted by molar-refractivity contribution is 5.20. The molecule has 1 heterocycles. The van der Waals surface area contributed by atoms with Crippen LogP contribution < -0.4 is 10.4 Å². The molecule has 66 valence electrons. The predicted molar refractivity (Wildman–Crippen MR) is 47.5 cm³/mol. The molecule has 0 aliphatic heterocycles. The van der Waals surface area contributed by atoms with E-state index >= 15 is 0 Å². The van der Waals surface area contributed by atoms with Crippen LogP contribution in [0, 0.1) is 0 Å². The standard InChI is InChI=1S/C9H8N2O2/c12-9-6-7-11(10-9)13-8-4-2-1-3-5-8/h1-7H,(H,10,12). The number of hydrogen-bond acceptors (Lipinski definition) is 2. The molecule has 0 unspecified atom stereocenters. The summed E-state index contributed by atoms with van der Waals surface area (Å²) < 4.78 is 0. The van der Waals surface area contributed by atoms with E-state index in [1.54, 1.807) is 12.1 Å². The average molecular weight is 176 g/mol. The van der Waals surface area contributed by atoms with Crippen LogP contribution in [0.3, 0.4) is 0 Å². The van der Waals surface area contributed by atoms with Gasteiger partial charge in [-0.1, -0.05) is 18.2 Å². The Kier molecular flexibility index (Phi) is 1.88. The Balaban J connectivity index is 2.20. The van der Waals surface area contributed by atoms with Gasteiger partial charge in [0.2, 0.25) is 0 Å². The Labute approximate surface area is 74.3 Å². The van der Waals surface area contributed by atoms with Crippen molar-refractivity contribution in [2.45, 2.75) is 0 Å². The third-order valence-electron chi connectivity index (χ3n) is 1.53. The maximum atomic E-state index is 10.7. The molecule has 0 atom stereocenters. The highest BCUT2D eigenvalue weighted by atomic mass is 16.7. The Morgan fingerprint density at radius 3 is 2.54 bits per heavy atom. The number of nitrogens with one attached hydrogen (secondary N) is 1. The third-order valence-corrected chi connectivity index (χ3v) is 1.53. The fourth-order valence-corrected chi connectivity index (χ4v) is 0.967. The Bertz CT molecular complexity index is 430. The number of aromatic nitrogens is 2. The molecule has 0 amide bonds. The molecule has 0 fully saturated rings. The third kappa shape index (κ3) is 1.79. The lowest BCUT2D eigenvalue weighted by Gasteiger charge is -2.03. The number of nitrogens with zero attached hydrogens (tertiary/aromatic N) is 1. The van der Waals surface area contributed by atoms with E-state index < -0.39 is 0 Å². The number of H-pyrrole nitrogens is 1. The van der Waals surface area contributed by atoms with Crippen molar-refractivity contribution >= 4 is 0 Å². The van der Waals surface area contributed by atoms with Gasteiger partial charge >= 0.3 is 0 Å². The summed E-state index contributed by atoms with van der Waals surface area (Å²) in [6.07, 6.45) is 1.52. The number of para-hydroxylation sites is 1. The first-order valence-corrected chi connectivity index (χ1v) is 3.86. The first-order chi connectivity index (χ1) is 6.34. The van der Waals surface area contributed by atoms with Gasteiger partial charge in [0.1, 0.15) is 0 Å². The highest BCUT2D eigenvalue weighted by Gasteiger charge is 1.93. The number of benzene rings is 1. The van der Waals surface area contributed by atoms with Crippen molar-refractivity contribution in [3.8, 4) is 5.75 Å². The second kappa shape index (κ2) is 3.18. The summed E-state index contributed by atoms with van der Waals surface area (Å²) >= 11 is 0. The molecule has 0 saturated carbocycles. The van der Waals surface area contributed by atoms with Gasteiger partial charge in [0, 0.05) is 6.07 Å². The van der Waals surface area contributed by atoms with Gasteiger partial charge in [-0.05, 0) is 12.1 Å². The van der Waals surface area contributed by atoms with Crippen LogP contribution in [0.15, 0.2) is 47.4 Å². The molecular weight excluding hydrogens is 168 g/mol. The van der Waals surface area contributed by atoms with Gasteiger partial charge in [0.25, 0.3) is 5.56 Å². The average Bonchev–Trinajstić information content (AvgIpc) is 2.53. The van der Waals surface area contributed by atoms with Gasteiger partial charge < -0.3 is 4.84 Å². The molecule has 2 aromatic rings. The summed E-state index contributed by atoms with van der Waals surface area (Å²) in [6.45, 7) is 0. The second-order valence-electron chi connectivity index (χ2n) is 2.52. The van der Waals surface area contributed by atoms with Gasteiger partial charge in [0.15, 0.2) is 5.75 Å². The SMILES string of the molecule is O=c1ccn(Oc2ccccc2)[nH]1. The van der Waals surface area contributed by atoms with E-state index in [9.17, 15) is 4.79 Å². The van der Waals surface area contributed by atoms with Crippen LogP contribution in [0.2, 0.25) is 0 Å². The summed E-state index contributed by atoms with van der Waals surface area (Å²) in [5.74, 6) is 0.675. The van der Waals surface area contributed by atoms with Crippen LogP contribution in [-0.2, 0) is 0 Å². The summed E-state index contributed by atoms with van der Waals surface area (Å²) in [6, 6.07) is 10.6. The monoisotopic (exact) mass is 176 g/mol. The minimum Gasteiger partial charge on any atom is -0.360 e. The van der Waals surface area contributed by atoms with Crippen LogP contribution in [0.1, 0.15) is 0 Å². The van der Waals surface area contributed by atoms with Crippen molar-refractivity contribution in [1.29, 1.82) is 0 Å². The molecule has 4 nitrogen and oxygen atoms in total. The molecule has 1 N–H and O–H groups in total. The van der Waals surface area contributed by atoms with Crippen molar-refractivity contribution in [2.75, 3.05) is 0 Å². The lowest BCUT2D eigenvalue weighted by atomic mass is 10.3. The van der Waals surface area contributed by atoms with Gasteiger partial charge in [-0.25, -0.2) is 5.10 Å². The minimum absolute atomic E-state index is 0.184. The molecule has 1 aromatic carbocycles. The van der Waals surface area contributed by atoms with Crippen LogP contribution in [0.25, 0.3) is 0 Å². The lowest BCUT2D eigenvalue weighted by molar-refractivity contribution is 0.177. The second-order valence-corrected chi connectivity index (χ2v) is 2.52. The molecule has 4 heteroatoms. The summed E-state index contributed by atoms with van der Waals surface area (Å²) in [7, 11) is 0. The van der Waals surface area contributed by atoms with Gasteiger partial charge in [-0.2, -0.15) is 0 Å². The quantitative estimate of drug-likeness (QED) is 0.742. The Morgan fingerprint density at radius 2 is 1.92 bits per heavy atom. The van der Waals surface area contributed by atoms with Gasteiger partial charge in [-0.15, -0.1) is 4.85 Å². The molecule has 0 aliphatic rings. The summed E-state index contributed by atoms with van der Waals surface area (Å²) in [5, 5.41) is 2.46. The van der Waals surface area contributed by atoms with Crippen molar-refractivity contribution < 1.29 is 4.84 Å². The van der Waals surface area contributed by atoms with Gasteiger partial charge in [0.05, 0.1) is 6.20 Å². The number of rotatable bonds is 2. The van der Waals surface area contributed by atoms with E-state index in [-0.39, 0.29) is 5.56 Å². The van der Waals surface area contributed by atoms with Crippen molar-refractivity contribution in [3.05, 3.63) is 52.9 Å². The molecule has 1 aromatic heterocycles. The van der Waals surface area contributed by atoms with Gasteiger partial charge in [-0.3, -0.25) is 4.79 Å². The lowest BCUT2D eigenvalue weighted by Crippen LogP contribution is -2.09. The molecule has 2 rings (SSSR count). The molecule has 0 saturated heterocycles. The topological polar surface area (TPSA) is 47.0 Å². The van der Waals surface area contributed by atoms with Crippen LogP contribution in [0.4, 0.5) is 0 Å². The maximum Gasteiger partial charge on any atom is 0.266 e. The zero-order valence-electron chi connectivity index (χ0n) is 6.81. The fourth-order valence-electron chi connectivity index (χ4n) is 0.967. The van der Waals surface area contributed by atoms with Crippen molar-refractivity contribution in [2.24, 2.45) is 0 Å². The molecule has 0 radical (unpaired) electrons. The van der Waals surface area contributed by atoms with E-state index in [2.05, 4.69) is 5.10 Å². The highest BCUT2D eigenvalue weighted by Crippen LogP contribution is 2.07. The molecule has 13 heavy (non-hydrogen) atoms. The maximum absolute atomic E-state index is 10.7. The minimum atomic E-state index is -0.184. The van der Waals surface area contributed by atoms with Crippen molar-refractivity contribution in [1.82, 2.24) is 9.94 Å². The molecular formula is C9H8N2O2. The van der Waals surface area contributed by atoms with Crippen molar-refractivity contribution in [3.63, 3.8) is 0 Å². The first-order valence-electron chi connectivity index (χ1n) is 3.86. The van der Waals surface area contributed by atoms with Crippen LogP contribution >= 0.6 is 0 Å². The molecule has 0 bridgehead atoms. The molecule has 0 spiro atoms. The Hall–Kier alpha value is -1.97. The number of aromatic amines is 1. The van der Waals surface area contributed by atoms with E-state index in [0.29, 0.717) is 5.75 Å². The molecule has 0 aliphatic carbocycles. The van der Waals surface area contributed by atoms with E-state index in [1.165, 1.54) is 17.1 Å². The largest absolute Gasteiger partial charge is 0.360 e. The predicted octanol–water partition coefficient (Wildman–Crippen LogP) is 1.02. The van der Waals surface area contributed by atoms with E-state index in [1.807, 2.05) is 18.2 Å². The van der Waals surface area contributed by atoms with E-state index in [4.69, 9.17) is 4.84 Å². The zero-order chi connectivity index (χ0) is 9.10. The number of hydrogen-bond donors (Lipinski definition) is 1. The Morgan fingerprint density at radius 1 is 1.15 bits per heavy atom. The van der Waals surface area contributed by atoms with E-state index in [0.717, 1.165) is 0 Å². The summed E-state index contributed by atoms with van der Waals surface area (Å²) in [4.78, 5) is 17.2. The van der Waals surface area contributed by atoms with Crippen LogP contribution in [-0.4, -0.2) is 9.94 Å². The first kappa shape index (κ1) is 7.67. The zero-order valence-corrected chi connectivity index (χ0v) is 6.81. The smallest absolute Gasteiger partial charge is 0.266 e. The normalized spacial score (nSPS) is 9.85. The fraction of sp³-hybridized carbons (Fsp3) is 0. The van der Waals surface area contributed by atoms with Crippen LogP contribution in [0.5, 0.6) is 5.75 Å². The summed E-state index contributed by atoms with van der Waals surface area (Å²) in [5.41, 5.74) is -0.184.